The first-order valence-corrected chi connectivity index (χ1v) is 5.89. The van der Waals surface area contributed by atoms with Gasteiger partial charge in [-0.25, -0.2) is 8.42 Å². The van der Waals surface area contributed by atoms with Gasteiger partial charge in [0.1, 0.15) is 10.6 Å². The molecule has 5 nitrogen and oxygen atoms in total. The lowest BCUT2D eigenvalue weighted by Crippen LogP contribution is -2.06. The van der Waals surface area contributed by atoms with Crippen molar-refractivity contribution in [2.75, 3.05) is 5.32 Å². The molecule has 6 heteroatoms. The van der Waals surface area contributed by atoms with Crippen molar-refractivity contribution in [2.24, 2.45) is 0 Å². The number of hydrogen-bond acceptors (Lipinski definition) is 4. The third kappa shape index (κ3) is 2.60. The number of carbonyl (C=O) groups is 1. The fourth-order valence-electron chi connectivity index (χ4n) is 1.11. The molecule has 0 fully saturated rings. The Balaban J connectivity index is 3.29. The van der Waals surface area contributed by atoms with Gasteiger partial charge < -0.3 is 10.4 Å². The Kier molecular flexibility index (Phi) is 3.34. The molecule has 86 valence electrons. The van der Waals surface area contributed by atoms with Crippen molar-refractivity contribution in [2.45, 2.75) is 11.8 Å². The lowest BCUT2D eigenvalue weighted by Gasteiger charge is -2.06. The fraction of sp³-hybridized carbons (Fsp3) is 0.100. The fourth-order valence-corrected chi connectivity index (χ4v) is 1.94. The molecular weight excluding hydrogens is 230 g/mol. The van der Waals surface area contributed by atoms with Gasteiger partial charge in [0.25, 0.3) is 0 Å². The summed E-state index contributed by atoms with van der Waals surface area (Å²) in [4.78, 5) is 10.5. The van der Waals surface area contributed by atoms with Gasteiger partial charge in [0.2, 0.25) is 15.7 Å². The highest BCUT2D eigenvalue weighted by Gasteiger charge is 2.15. The van der Waals surface area contributed by atoms with E-state index in [-0.39, 0.29) is 16.6 Å². The van der Waals surface area contributed by atoms with Crippen molar-refractivity contribution in [3.05, 3.63) is 30.2 Å². The quantitative estimate of drug-likeness (QED) is 0.780. The Hall–Kier alpha value is -1.82. The van der Waals surface area contributed by atoms with Crippen LogP contribution in [0.3, 0.4) is 0 Å². The number of phenols is 1. The molecule has 1 rings (SSSR count). The van der Waals surface area contributed by atoms with Gasteiger partial charge in [-0.1, -0.05) is 6.58 Å². The van der Waals surface area contributed by atoms with Gasteiger partial charge >= 0.3 is 0 Å². The maximum Gasteiger partial charge on any atom is 0.221 e. The second-order valence-corrected chi connectivity index (χ2v) is 4.94. The summed E-state index contributed by atoms with van der Waals surface area (Å²) >= 11 is 0. The number of sulfone groups is 1. The molecule has 0 heterocycles. The normalized spacial score (nSPS) is 10.8. The van der Waals surface area contributed by atoms with Crippen LogP contribution in [-0.2, 0) is 14.6 Å². The Morgan fingerprint density at radius 1 is 1.50 bits per heavy atom. The summed E-state index contributed by atoms with van der Waals surface area (Å²) in [7, 11) is -3.72. The summed E-state index contributed by atoms with van der Waals surface area (Å²) in [6, 6.07) is 3.77. The summed E-state index contributed by atoms with van der Waals surface area (Å²) in [5, 5.41) is 12.6. The van der Waals surface area contributed by atoms with E-state index in [1.807, 2.05) is 0 Å². The monoisotopic (exact) mass is 241 g/mol. The van der Waals surface area contributed by atoms with E-state index in [9.17, 15) is 18.3 Å². The van der Waals surface area contributed by atoms with E-state index in [1.165, 1.54) is 25.1 Å². The van der Waals surface area contributed by atoms with Gasteiger partial charge in [-0.15, -0.1) is 0 Å². The molecule has 0 aromatic heterocycles. The van der Waals surface area contributed by atoms with E-state index in [4.69, 9.17) is 0 Å². The largest absolute Gasteiger partial charge is 0.507 e. The van der Waals surface area contributed by atoms with Gasteiger partial charge in [-0.2, -0.15) is 0 Å². The molecule has 0 saturated heterocycles. The molecule has 0 atom stereocenters. The van der Waals surface area contributed by atoms with Crippen molar-refractivity contribution in [3.63, 3.8) is 0 Å². The lowest BCUT2D eigenvalue weighted by atomic mass is 10.3. The molecule has 1 aromatic carbocycles. The molecule has 0 bridgehead atoms. The number of phenolic OH excluding ortho intramolecular Hbond substituents is 1. The van der Waals surface area contributed by atoms with Crippen LogP contribution in [0.15, 0.2) is 35.1 Å². The summed E-state index contributed by atoms with van der Waals surface area (Å²) in [5.41, 5.74) is 0.297. The minimum Gasteiger partial charge on any atom is -0.507 e. The Labute approximate surface area is 93.3 Å². The number of rotatable bonds is 3. The first-order chi connectivity index (χ1) is 7.36. The second-order valence-electron chi connectivity index (χ2n) is 3.08. The molecule has 0 spiro atoms. The average Bonchev–Trinajstić information content (AvgIpc) is 2.20. The molecule has 0 aliphatic heterocycles. The third-order valence-electron chi connectivity index (χ3n) is 1.81. The first-order valence-electron chi connectivity index (χ1n) is 4.35. The molecule has 0 aliphatic rings. The molecule has 0 radical (unpaired) electrons. The number of carbonyl (C=O) groups excluding carboxylic acids is 1. The minimum atomic E-state index is -3.72. The minimum absolute atomic E-state index is 0.284. The summed E-state index contributed by atoms with van der Waals surface area (Å²) in [6.45, 7) is 4.45. The van der Waals surface area contributed by atoms with Crippen LogP contribution in [0.2, 0.25) is 0 Å². The van der Waals surface area contributed by atoms with Gasteiger partial charge in [0.15, 0.2) is 0 Å². The zero-order valence-electron chi connectivity index (χ0n) is 8.60. The molecule has 2 N–H and O–H groups in total. The second kappa shape index (κ2) is 4.36. The van der Waals surface area contributed by atoms with Gasteiger partial charge in [0, 0.05) is 18.0 Å². The molecule has 0 saturated carbocycles. The van der Waals surface area contributed by atoms with Crippen molar-refractivity contribution >= 4 is 21.4 Å². The predicted molar refractivity (Wildman–Crippen MR) is 59.8 cm³/mol. The Morgan fingerprint density at radius 2 is 2.12 bits per heavy atom. The maximum absolute atomic E-state index is 11.5. The van der Waals surface area contributed by atoms with Crippen molar-refractivity contribution in [1.82, 2.24) is 0 Å². The number of benzene rings is 1. The van der Waals surface area contributed by atoms with Crippen LogP contribution in [0, 0.1) is 0 Å². The topological polar surface area (TPSA) is 83.5 Å². The molecule has 1 amide bonds. The van der Waals surface area contributed by atoms with Crippen molar-refractivity contribution in [1.29, 1.82) is 0 Å². The highest BCUT2D eigenvalue weighted by atomic mass is 32.2. The third-order valence-corrected chi connectivity index (χ3v) is 3.18. The predicted octanol–water partition coefficient (Wildman–Crippen LogP) is 1.27. The number of aromatic hydroxyl groups is 1. The van der Waals surface area contributed by atoms with E-state index < -0.39 is 9.84 Å². The van der Waals surface area contributed by atoms with Crippen LogP contribution in [0.5, 0.6) is 5.75 Å². The zero-order valence-corrected chi connectivity index (χ0v) is 9.41. The molecular formula is C10H11NO4S. The van der Waals surface area contributed by atoms with E-state index in [0.717, 1.165) is 5.41 Å². The number of hydrogen-bond donors (Lipinski definition) is 2. The van der Waals surface area contributed by atoms with Crippen LogP contribution < -0.4 is 5.32 Å². The Bertz CT molecular complexity index is 534. The van der Waals surface area contributed by atoms with E-state index in [1.54, 1.807) is 0 Å². The van der Waals surface area contributed by atoms with Crippen LogP contribution in [0.25, 0.3) is 0 Å². The van der Waals surface area contributed by atoms with Gasteiger partial charge in [0.05, 0.1) is 0 Å². The zero-order chi connectivity index (χ0) is 12.3. The average molecular weight is 241 g/mol. The van der Waals surface area contributed by atoms with Gasteiger partial charge in [-0.05, 0) is 18.2 Å². The molecule has 0 aliphatic carbocycles. The highest BCUT2D eigenvalue weighted by molar-refractivity contribution is 7.94. The summed E-state index contributed by atoms with van der Waals surface area (Å²) in [5.74, 6) is -0.707. The lowest BCUT2D eigenvalue weighted by molar-refractivity contribution is -0.114. The molecule has 16 heavy (non-hydrogen) atoms. The van der Waals surface area contributed by atoms with E-state index >= 15 is 0 Å². The number of nitrogens with one attached hydrogen (secondary N) is 1. The number of amides is 1. The molecule has 1 aromatic rings. The highest BCUT2D eigenvalue weighted by Crippen LogP contribution is 2.27. The summed E-state index contributed by atoms with van der Waals surface area (Å²) < 4.78 is 22.9. The van der Waals surface area contributed by atoms with E-state index in [0.29, 0.717) is 5.69 Å². The smallest absolute Gasteiger partial charge is 0.221 e. The molecule has 0 unspecified atom stereocenters. The number of anilines is 1. The van der Waals surface area contributed by atoms with Crippen LogP contribution >= 0.6 is 0 Å². The summed E-state index contributed by atoms with van der Waals surface area (Å²) in [6.07, 6.45) is 0. The van der Waals surface area contributed by atoms with Crippen LogP contribution in [0.1, 0.15) is 6.92 Å². The van der Waals surface area contributed by atoms with E-state index in [2.05, 4.69) is 11.9 Å². The first kappa shape index (κ1) is 12.3. The van der Waals surface area contributed by atoms with Crippen molar-refractivity contribution < 1.29 is 18.3 Å². The SMILES string of the molecule is C=CS(=O)(=O)c1cc(NC(C)=O)ccc1O. The van der Waals surface area contributed by atoms with Gasteiger partial charge in [-0.3, -0.25) is 4.79 Å². The standard InChI is InChI=1S/C10H11NO4S/c1-3-16(14,15)10-6-8(11-7(2)12)4-5-9(10)13/h3-6,13H,1H2,2H3,(H,11,12). The Morgan fingerprint density at radius 3 is 2.62 bits per heavy atom. The maximum atomic E-state index is 11.5. The van der Waals surface area contributed by atoms with Crippen LogP contribution in [0.4, 0.5) is 5.69 Å². The van der Waals surface area contributed by atoms with Crippen molar-refractivity contribution in [3.8, 4) is 5.75 Å². The van der Waals surface area contributed by atoms with Crippen LogP contribution in [-0.4, -0.2) is 19.4 Å².